The van der Waals surface area contributed by atoms with Gasteiger partial charge in [0, 0.05) is 10.7 Å². The van der Waals surface area contributed by atoms with Crippen LogP contribution in [0, 0.1) is 13.7 Å². The Hall–Kier alpha value is -2.05. The van der Waals surface area contributed by atoms with Crippen molar-refractivity contribution in [2.45, 2.75) is 12.7 Å². The zero-order valence-corrected chi connectivity index (χ0v) is 15.9. The molecular formula is C15H16IN3O6. The summed E-state index contributed by atoms with van der Waals surface area (Å²) in [6.45, 7) is 0.0369. The van der Waals surface area contributed by atoms with Crippen molar-refractivity contribution in [1.82, 2.24) is 9.97 Å². The summed E-state index contributed by atoms with van der Waals surface area (Å²) in [5, 5.41) is 22.3. The minimum atomic E-state index is -1.44. The van der Waals surface area contributed by atoms with Gasteiger partial charge in [0.2, 0.25) is 11.8 Å². The monoisotopic (exact) mass is 461 g/mol. The van der Waals surface area contributed by atoms with Crippen LogP contribution < -0.4 is 9.47 Å². The number of rotatable bonds is 7. The fraction of sp³-hybridized carbons (Fsp3) is 0.333. The van der Waals surface area contributed by atoms with Crippen LogP contribution in [-0.2, 0) is 11.3 Å². The quantitative estimate of drug-likeness (QED) is 0.379. The van der Waals surface area contributed by atoms with E-state index >= 15 is 0 Å². The number of nitrogens with zero attached hydrogens (tertiary/aromatic N) is 3. The summed E-state index contributed by atoms with van der Waals surface area (Å²) >= 11 is 2.01. The highest BCUT2D eigenvalue weighted by Crippen LogP contribution is 2.34. The van der Waals surface area contributed by atoms with Gasteiger partial charge in [-0.1, -0.05) is 0 Å². The molecule has 1 heterocycles. The largest absolute Gasteiger partial charge is 0.481 e. The molecule has 0 radical (unpaired) electrons. The summed E-state index contributed by atoms with van der Waals surface area (Å²) in [5.74, 6) is 0.280. The molecule has 9 nitrogen and oxygen atoms in total. The van der Waals surface area contributed by atoms with E-state index in [4.69, 9.17) is 14.2 Å². The Kier molecular flexibility index (Phi) is 6.45. The predicted molar refractivity (Wildman–Crippen MR) is 95.7 cm³/mol. The number of methoxy groups -OCH3 is 3. The third kappa shape index (κ3) is 4.32. The zero-order chi connectivity index (χ0) is 18.6. The van der Waals surface area contributed by atoms with Crippen molar-refractivity contribution >= 4 is 28.3 Å². The fourth-order valence-corrected chi connectivity index (χ4v) is 2.98. The van der Waals surface area contributed by atoms with E-state index in [9.17, 15) is 15.2 Å². The van der Waals surface area contributed by atoms with Crippen LogP contribution in [0.3, 0.4) is 0 Å². The Balaban J connectivity index is 2.62. The number of benzene rings is 1. The Morgan fingerprint density at radius 1 is 1.20 bits per heavy atom. The van der Waals surface area contributed by atoms with Crippen molar-refractivity contribution < 1.29 is 24.2 Å². The summed E-state index contributed by atoms with van der Waals surface area (Å²) in [6.07, 6.45) is -1.44. The first-order valence-corrected chi connectivity index (χ1v) is 8.09. The maximum absolute atomic E-state index is 11.6. The number of ether oxygens (including phenoxy) is 3. The van der Waals surface area contributed by atoms with E-state index in [0.29, 0.717) is 9.13 Å². The second-order valence-corrected chi connectivity index (χ2v) is 6.15. The second kappa shape index (κ2) is 8.36. The van der Waals surface area contributed by atoms with Gasteiger partial charge in [0.15, 0.2) is 5.82 Å². The van der Waals surface area contributed by atoms with Crippen molar-refractivity contribution in [3.63, 3.8) is 0 Å². The van der Waals surface area contributed by atoms with Crippen molar-refractivity contribution in [1.29, 1.82) is 0 Å². The molecule has 0 aliphatic rings. The minimum absolute atomic E-state index is 0.0369. The second-order valence-electron chi connectivity index (χ2n) is 4.91. The Bertz CT molecular complexity index is 764. The fourth-order valence-electron chi connectivity index (χ4n) is 2.27. The Morgan fingerprint density at radius 2 is 1.80 bits per heavy atom. The molecule has 0 aliphatic carbocycles. The highest BCUT2D eigenvalue weighted by Gasteiger charge is 2.29. The lowest BCUT2D eigenvalue weighted by molar-refractivity contribution is -0.387. The van der Waals surface area contributed by atoms with Crippen LogP contribution in [0.5, 0.6) is 11.8 Å². The zero-order valence-electron chi connectivity index (χ0n) is 13.7. The molecule has 0 saturated heterocycles. The summed E-state index contributed by atoms with van der Waals surface area (Å²) < 4.78 is 15.8. The number of aromatic nitrogens is 2. The first-order valence-electron chi connectivity index (χ1n) is 7.01. The van der Waals surface area contributed by atoms with Gasteiger partial charge in [-0.3, -0.25) is 10.1 Å². The molecule has 1 unspecified atom stereocenters. The summed E-state index contributed by atoms with van der Waals surface area (Å²) in [7, 11) is 4.25. The molecule has 0 saturated carbocycles. The van der Waals surface area contributed by atoms with Crippen LogP contribution in [0.25, 0.3) is 0 Å². The average Bonchev–Trinajstić information content (AvgIpc) is 2.59. The molecule has 0 amide bonds. The summed E-state index contributed by atoms with van der Waals surface area (Å²) in [4.78, 5) is 19.1. The van der Waals surface area contributed by atoms with Gasteiger partial charge < -0.3 is 19.3 Å². The number of hydrogen-bond acceptors (Lipinski definition) is 8. The van der Waals surface area contributed by atoms with Gasteiger partial charge in [-0.2, -0.15) is 9.97 Å². The van der Waals surface area contributed by atoms with Crippen LogP contribution in [0.1, 0.15) is 23.1 Å². The lowest BCUT2D eigenvalue weighted by Gasteiger charge is -2.14. The highest BCUT2D eigenvalue weighted by atomic mass is 127. The van der Waals surface area contributed by atoms with Crippen LogP contribution in [0.2, 0.25) is 0 Å². The van der Waals surface area contributed by atoms with E-state index in [1.165, 1.54) is 33.5 Å². The molecule has 0 fully saturated rings. The smallest absolute Gasteiger partial charge is 0.281 e. The molecule has 0 bridgehead atoms. The van der Waals surface area contributed by atoms with Gasteiger partial charge in [-0.15, -0.1) is 0 Å². The van der Waals surface area contributed by atoms with E-state index in [-0.39, 0.29) is 35.4 Å². The average molecular weight is 461 g/mol. The van der Waals surface area contributed by atoms with Crippen molar-refractivity contribution in [3.8, 4) is 11.8 Å². The van der Waals surface area contributed by atoms with Crippen LogP contribution in [0.4, 0.5) is 5.69 Å². The molecule has 0 spiro atoms. The van der Waals surface area contributed by atoms with E-state index in [1.54, 1.807) is 6.07 Å². The van der Waals surface area contributed by atoms with Gasteiger partial charge in [0.25, 0.3) is 5.69 Å². The van der Waals surface area contributed by atoms with E-state index in [1.807, 2.05) is 22.6 Å². The predicted octanol–water partition coefficient (Wildman–Crippen LogP) is 2.23. The molecule has 1 N–H and O–H groups in total. The lowest BCUT2D eigenvalue weighted by atomic mass is 10.0. The van der Waals surface area contributed by atoms with Crippen LogP contribution in [0.15, 0.2) is 18.2 Å². The lowest BCUT2D eigenvalue weighted by Crippen LogP contribution is -2.11. The molecule has 1 aromatic heterocycles. The molecule has 2 rings (SSSR count). The molecule has 1 atom stereocenters. The normalized spacial score (nSPS) is 11.9. The Labute approximate surface area is 157 Å². The van der Waals surface area contributed by atoms with E-state index < -0.39 is 11.0 Å². The van der Waals surface area contributed by atoms with Crippen molar-refractivity contribution in [2.75, 3.05) is 21.3 Å². The summed E-state index contributed by atoms with van der Waals surface area (Å²) in [6, 6.07) is 4.58. The van der Waals surface area contributed by atoms with Gasteiger partial charge in [0.05, 0.1) is 42.9 Å². The van der Waals surface area contributed by atoms with E-state index in [2.05, 4.69) is 9.97 Å². The number of hydrogen-bond donors (Lipinski definition) is 1. The third-order valence-corrected chi connectivity index (χ3v) is 3.94. The number of halogens is 1. The maximum atomic E-state index is 11.6. The van der Waals surface area contributed by atoms with Crippen molar-refractivity contribution in [2.24, 2.45) is 0 Å². The third-order valence-electron chi connectivity index (χ3n) is 3.32. The van der Waals surface area contributed by atoms with Gasteiger partial charge in [0.1, 0.15) is 6.10 Å². The highest BCUT2D eigenvalue weighted by molar-refractivity contribution is 14.1. The minimum Gasteiger partial charge on any atom is -0.481 e. The first-order chi connectivity index (χ1) is 11.9. The molecule has 1 aromatic carbocycles. The molecule has 10 heteroatoms. The first kappa shape index (κ1) is 19.3. The van der Waals surface area contributed by atoms with Crippen LogP contribution in [-0.4, -0.2) is 41.3 Å². The Morgan fingerprint density at radius 3 is 2.28 bits per heavy atom. The summed E-state index contributed by atoms with van der Waals surface area (Å²) in [5.41, 5.74) is 0.183. The number of aliphatic hydroxyl groups is 1. The van der Waals surface area contributed by atoms with Crippen LogP contribution >= 0.6 is 22.6 Å². The van der Waals surface area contributed by atoms with Gasteiger partial charge >= 0.3 is 0 Å². The van der Waals surface area contributed by atoms with E-state index in [0.717, 1.165) is 0 Å². The van der Waals surface area contributed by atoms with Gasteiger partial charge in [-0.25, -0.2) is 0 Å². The van der Waals surface area contributed by atoms with Crippen molar-refractivity contribution in [3.05, 3.63) is 48.8 Å². The molecular weight excluding hydrogens is 445 g/mol. The molecule has 2 aromatic rings. The number of aliphatic hydroxyl groups excluding tert-OH is 1. The van der Waals surface area contributed by atoms with Gasteiger partial charge in [-0.05, 0) is 34.7 Å². The number of nitro groups is 1. The standard InChI is InChI=1S/C15H16IN3O6/c1-23-7-8-4-9(16)5-10(13(8)19(21)22)14(20)15-17-11(24-2)6-12(18-15)25-3/h4-6,14,20H,7H2,1-3H3. The molecule has 0 aliphatic heterocycles. The molecule has 134 valence electrons. The maximum Gasteiger partial charge on any atom is 0.281 e. The number of nitro benzene ring substituents is 1. The molecule has 25 heavy (non-hydrogen) atoms. The topological polar surface area (TPSA) is 117 Å². The SMILES string of the molecule is COCc1cc(I)cc(C(O)c2nc(OC)cc(OC)n2)c1[N+](=O)[O-].